The van der Waals surface area contributed by atoms with Crippen molar-refractivity contribution < 1.29 is 17.4 Å². The van der Waals surface area contributed by atoms with E-state index in [-0.39, 0.29) is 28.7 Å². The van der Waals surface area contributed by atoms with E-state index >= 15 is 0 Å². The van der Waals surface area contributed by atoms with E-state index in [1.54, 1.807) is 18.2 Å². The minimum absolute atomic E-state index is 0.0293. The van der Waals surface area contributed by atoms with Crippen LogP contribution in [0.5, 0.6) is 5.75 Å². The van der Waals surface area contributed by atoms with Crippen molar-refractivity contribution in [1.82, 2.24) is 15.3 Å². The summed E-state index contributed by atoms with van der Waals surface area (Å²) in [5.74, 6) is 0.338. The van der Waals surface area contributed by atoms with Crippen molar-refractivity contribution in [2.45, 2.75) is 30.8 Å². The zero-order valence-corrected chi connectivity index (χ0v) is 22.8. The summed E-state index contributed by atoms with van der Waals surface area (Å²) in [4.78, 5) is 19.8. The van der Waals surface area contributed by atoms with Crippen LogP contribution in [0, 0.1) is 0 Å². The fourth-order valence-electron chi connectivity index (χ4n) is 4.23. The first-order chi connectivity index (χ1) is 19.3. The zero-order chi connectivity index (χ0) is 28.1. The molecule has 10 heteroatoms. The first-order valence-corrected chi connectivity index (χ1v) is 14.2. The van der Waals surface area contributed by atoms with Gasteiger partial charge in [0.05, 0.1) is 17.1 Å². The first kappa shape index (κ1) is 26.8. The number of aromatic nitrogens is 2. The Balaban J connectivity index is 1.22. The molecule has 0 spiro atoms. The third-order valence-corrected chi connectivity index (χ3v) is 7.63. The molecule has 0 aliphatic rings. The van der Waals surface area contributed by atoms with Gasteiger partial charge < -0.3 is 19.8 Å². The number of nitrogens with zero attached hydrogens (tertiary/aromatic N) is 1. The lowest BCUT2D eigenvalue weighted by molar-refractivity contribution is 0.249. The number of nitrogens with one attached hydrogen (secondary N) is 4. The first-order valence-electron chi connectivity index (χ1n) is 12.7. The highest BCUT2D eigenvalue weighted by Crippen LogP contribution is 2.26. The van der Waals surface area contributed by atoms with Crippen LogP contribution < -0.4 is 20.1 Å². The average molecular weight is 556 g/mol. The molecule has 5 rings (SSSR count). The fourth-order valence-corrected chi connectivity index (χ4v) is 5.16. The maximum absolute atomic E-state index is 12.9. The number of imidazole rings is 1. The number of urea groups is 1. The van der Waals surface area contributed by atoms with Crippen LogP contribution >= 0.6 is 0 Å². The van der Waals surface area contributed by atoms with Gasteiger partial charge in [-0.1, -0.05) is 60.7 Å². The van der Waals surface area contributed by atoms with Crippen molar-refractivity contribution in [3.8, 4) is 5.75 Å². The van der Waals surface area contributed by atoms with E-state index < -0.39 is 16.1 Å². The standard InChI is InChI=1S/C30H29N5O4S/c1-20(22-9-5-3-6-10-22)31-24-13-16-26(17-14-24)40(37,38)39-25-15-18-27-28(19-25)34-29(33-27)35-30(36)32-21(2)23-11-7-4-8-12-23/h3-21,31H,1-2H3,(H3,32,33,34,35,36). The molecule has 0 aliphatic heterocycles. The van der Waals surface area contributed by atoms with Crippen LogP contribution in [0.2, 0.25) is 0 Å². The molecule has 4 aromatic carbocycles. The van der Waals surface area contributed by atoms with Crippen molar-refractivity contribution in [3.63, 3.8) is 0 Å². The Morgan fingerprint density at radius 2 is 1.45 bits per heavy atom. The van der Waals surface area contributed by atoms with Gasteiger partial charge in [-0.3, -0.25) is 5.32 Å². The van der Waals surface area contributed by atoms with Crippen LogP contribution in [-0.4, -0.2) is 24.4 Å². The quantitative estimate of drug-likeness (QED) is 0.156. The molecule has 0 radical (unpaired) electrons. The number of hydrogen-bond donors (Lipinski definition) is 4. The summed E-state index contributed by atoms with van der Waals surface area (Å²) in [5, 5.41) is 8.89. The van der Waals surface area contributed by atoms with Crippen LogP contribution in [0.3, 0.4) is 0 Å². The lowest BCUT2D eigenvalue weighted by atomic mass is 10.1. The molecule has 0 aliphatic carbocycles. The van der Waals surface area contributed by atoms with E-state index in [0.29, 0.717) is 11.0 Å². The highest BCUT2D eigenvalue weighted by atomic mass is 32.2. The van der Waals surface area contributed by atoms with E-state index in [2.05, 4.69) is 25.9 Å². The van der Waals surface area contributed by atoms with Gasteiger partial charge in [0.25, 0.3) is 0 Å². The minimum atomic E-state index is -4.07. The van der Waals surface area contributed by atoms with Gasteiger partial charge in [0.2, 0.25) is 5.95 Å². The Morgan fingerprint density at radius 1 is 0.825 bits per heavy atom. The van der Waals surface area contributed by atoms with Crippen LogP contribution in [-0.2, 0) is 10.1 Å². The molecule has 40 heavy (non-hydrogen) atoms. The molecular weight excluding hydrogens is 526 g/mol. The highest BCUT2D eigenvalue weighted by Gasteiger charge is 2.18. The van der Waals surface area contributed by atoms with E-state index in [1.165, 1.54) is 24.3 Å². The van der Waals surface area contributed by atoms with Gasteiger partial charge in [0, 0.05) is 17.8 Å². The molecule has 2 atom stereocenters. The SMILES string of the molecule is CC(NC(=O)Nc1nc2ccc(OS(=O)(=O)c3ccc(NC(C)c4ccccc4)cc3)cc2[nH]1)c1ccccc1. The van der Waals surface area contributed by atoms with E-state index in [0.717, 1.165) is 16.8 Å². The fraction of sp³-hybridized carbons (Fsp3) is 0.133. The van der Waals surface area contributed by atoms with E-state index in [1.807, 2.05) is 74.5 Å². The number of fused-ring (bicyclic) bond motifs is 1. The Morgan fingerprint density at radius 3 is 2.10 bits per heavy atom. The molecule has 2 unspecified atom stereocenters. The van der Waals surface area contributed by atoms with E-state index in [9.17, 15) is 13.2 Å². The monoisotopic (exact) mass is 555 g/mol. The molecular formula is C30H29N5O4S. The van der Waals surface area contributed by atoms with Gasteiger partial charge in [-0.2, -0.15) is 8.42 Å². The number of amides is 2. The normalized spacial score (nSPS) is 12.8. The van der Waals surface area contributed by atoms with Gasteiger partial charge in [-0.25, -0.2) is 9.78 Å². The number of carbonyl (C=O) groups is 1. The lowest BCUT2D eigenvalue weighted by Gasteiger charge is -2.16. The van der Waals surface area contributed by atoms with Crippen LogP contribution in [0.1, 0.15) is 37.1 Å². The molecule has 0 bridgehead atoms. The molecule has 204 valence electrons. The average Bonchev–Trinajstić information content (AvgIpc) is 3.35. The molecule has 0 saturated carbocycles. The van der Waals surface area contributed by atoms with Gasteiger partial charge in [-0.05, 0) is 61.4 Å². The maximum Gasteiger partial charge on any atom is 0.339 e. The van der Waals surface area contributed by atoms with Crippen molar-refractivity contribution >= 4 is 38.8 Å². The summed E-state index contributed by atoms with van der Waals surface area (Å²) in [5.41, 5.74) is 3.93. The molecule has 2 amide bonds. The summed E-state index contributed by atoms with van der Waals surface area (Å²) in [6, 6.07) is 30.0. The summed E-state index contributed by atoms with van der Waals surface area (Å²) in [6.07, 6.45) is 0. The summed E-state index contributed by atoms with van der Waals surface area (Å²) < 4.78 is 31.2. The van der Waals surface area contributed by atoms with Crippen molar-refractivity contribution in [1.29, 1.82) is 0 Å². The summed E-state index contributed by atoms with van der Waals surface area (Å²) in [7, 11) is -4.07. The second kappa shape index (κ2) is 11.5. The Hall–Kier alpha value is -4.83. The second-order valence-corrected chi connectivity index (χ2v) is 10.9. The number of rotatable bonds is 9. The third-order valence-electron chi connectivity index (χ3n) is 6.36. The van der Waals surface area contributed by atoms with Crippen molar-refractivity contribution in [2.75, 3.05) is 10.6 Å². The molecule has 4 N–H and O–H groups in total. The number of anilines is 2. The number of carbonyl (C=O) groups excluding carboxylic acids is 1. The van der Waals surface area contributed by atoms with Crippen LogP contribution in [0.4, 0.5) is 16.4 Å². The van der Waals surface area contributed by atoms with Gasteiger partial charge in [0.15, 0.2) is 0 Å². The summed E-state index contributed by atoms with van der Waals surface area (Å²) >= 11 is 0. The number of hydrogen-bond acceptors (Lipinski definition) is 6. The number of aromatic amines is 1. The molecule has 9 nitrogen and oxygen atoms in total. The Labute approximate surface area is 232 Å². The maximum atomic E-state index is 12.9. The number of benzene rings is 4. The predicted molar refractivity (Wildman–Crippen MR) is 156 cm³/mol. The zero-order valence-electron chi connectivity index (χ0n) is 22.0. The van der Waals surface area contributed by atoms with E-state index in [4.69, 9.17) is 4.18 Å². The highest BCUT2D eigenvalue weighted by molar-refractivity contribution is 7.87. The minimum Gasteiger partial charge on any atom is -0.379 e. The van der Waals surface area contributed by atoms with Crippen LogP contribution in [0.25, 0.3) is 11.0 Å². The number of H-pyrrole nitrogens is 1. The van der Waals surface area contributed by atoms with Gasteiger partial charge >= 0.3 is 16.1 Å². The molecule has 1 aromatic heterocycles. The molecule has 1 heterocycles. The second-order valence-electron chi connectivity index (χ2n) is 9.33. The van der Waals surface area contributed by atoms with Crippen molar-refractivity contribution in [3.05, 3.63) is 114 Å². The Bertz CT molecular complexity index is 1710. The van der Waals surface area contributed by atoms with Crippen LogP contribution in [0.15, 0.2) is 108 Å². The predicted octanol–water partition coefficient (Wildman–Crippen LogP) is 6.39. The lowest BCUT2D eigenvalue weighted by Crippen LogP contribution is -2.31. The van der Waals surface area contributed by atoms with Gasteiger partial charge in [0.1, 0.15) is 10.6 Å². The Kier molecular flexibility index (Phi) is 7.70. The summed E-state index contributed by atoms with van der Waals surface area (Å²) in [6.45, 7) is 3.92. The topological polar surface area (TPSA) is 125 Å². The van der Waals surface area contributed by atoms with Gasteiger partial charge in [-0.15, -0.1) is 0 Å². The third kappa shape index (κ3) is 6.41. The largest absolute Gasteiger partial charge is 0.379 e. The molecule has 5 aromatic rings. The molecule has 0 saturated heterocycles. The molecule has 0 fully saturated rings. The van der Waals surface area contributed by atoms with Crippen molar-refractivity contribution in [2.24, 2.45) is 0 Å². The smallest absolute Gasteiger partial charge is 0.339 e.